The molecule has 0 atom stereocenters. The monoisotopic (exact) mass is 177 g/mol. The number of hydrogen-bond donors (Lipinski definition) is 4. The van der Waals surface area contributed by atoms with E-state index in [-0.39, 0.29) is 18.9 Å². The zero-order chi connectivity index (χ0) is 8.69. The molecule has 0 aliphatic carbocycles. The summed E-state index contributed by atoms with van der Waals surface area (Å²) < 4.78 is 0. The van der Waals surface area contributed by atoms with Gasteiger partial charge in [0, 0.05) is 7.05 Å². The lowest BCUT2D eigenvalue weighted by molar-refractivity contribution is -0.122. The Labute approximate surface area is 70.1 Å². The van der Waals surface area contributed by atoms with Crippen molar-refractivity contribution in [1.82, 2.24) is 16.2 Å². The summed E-state index contributed by atoms with van der Waals surface area (Å²) in [6.45, 7) is -0.167. The largest absolute Gasteiger partial charge is 0.396 e. The SMILES string of the molecule is CNC(=S)NNC(=O)CCO. The second-order valence-corrected chi connectivity index (χ2v) is 2.13. The van der Waals surface area contributed by atoms with Gasteiger partial charge in [-0.2, -0.15) is 0 Å². The van der Waals surface area contributed by atoms with Crippen LogP contribution in [0.4, 0.5) is 0 Å². The number of thiocarbonyl (C=S) groups is 1. The molecule has 0 spiro atoms. The van der Waals surface area contributed by atoms with Crippen molar-refractivity contribution in [2.75, 3.05) is 13.7 Å². The molecule has 0 saturated carbocycles. The van der Waals surface area contributed by atoms with Crippen molar-refractivity contribution in [2.24, 2.45) is 0 Å². The smallest absolute Gasteiger partial charge is 0.240 e. The topological polar surface area (TPSA) is 73.4 Å². The number of carbonyl (C=O) groups is 1. The van der Waals surface area contributed by atoms with Gasteiger partial charge in [-0.1, -0.05) is 0 Å². The molecule has 0 heterocycles. The van der Waals surface area contributed by atoms with E-state index in [1.54, 1.807) is 7.05 Å². The Morgan fingerprint density at radius 3 is 2.64 bits per heavy atom. The third-order valence-corrected chi connectivity index (χ3v) is 1.19. The van der Waals surface area contributed by atoms with Crippen LogP contribution in [-0.2, 0) is 4.79 Å². The normalized spacial score (nSPS) is 8.55. The van der Waals surface area contributed by atoms with Gasteiger partial charge in [0.1, 0.15) is 0 Å². The minimum Gasteiger partial charge on any atom is -0.396 e. The summed E-state index contributed by atoms with van der Waals surface area (Å²) in [7, 11) is 1.63. The summed E-state index contributed by atoms with van der Waals surface area (Å²) in [4.78, 5) is 10.6. The molecule has 0 rings (SSSR count). The number of rotatable bonds is 2. The van der Waals surface area contributed by atoms with Gasteiger partial charge in [-0.3, -0.25) is 15.6 Å². The first-order chi connectivity index (χ1) is 5.20. The highest BCUT2D eigenvalue weighted by Crippen LogP contribution is 1.72. The minimum atomic E-state index is -0.301. The van der Waals surface area contributed by atoms with E-state index in [1.165, 1.54) is 0 Å². The van der Waals surface area contributed by atoms with Crippen molar-refractivity contribution < 1.29 is 9.90 Å². The van der Waals surface area contributed by atoms with E-state index in [9.17, 15) is 4.79 Å². The van der Waals surface area contributed by atoms with Crippen LogP contribution < -0.4 is 16.2 Å². The fraction of sp³-hybridized carbons (Fsp3) is 0.600. The Balaban J connectivity index is 3.38. The maximum atomic E-state index is 10.6. The fourth-order valence-corrected chi connectivity index (χ4v) is 0.404. The molecule has 5 nitrogen and oxygen atoms in total. The van der Waals surface area contributed by atoms with Crippen LogP contribution in [0.1, 0.15) is 6.42 Å². The fourth-order valence-electron chi connectivity index (χ4n) is 0.353. The second-order valence-electron chi connectivity index (χ2n) is 1.73. The molecule has 0 bridgehead atoms. The molecule has 1 amide bonds. The molecule has 4 N–H and O–H groups in total. The summed E-state index contributed by atoms with van der Waals surface area (Å²) in [6, 6.07) is 0. The zero-order valence-corrected chi connectivity index (χ0v) is 6.99. The van der Waals surface area contributed by atoms with Crippen LogP contribution in [0.3, 0.4) is 0 Å². The molecule has 0 aliphatic heterocycles. The Bertz CT molecular complexity index is 151. The van der Waals surface area contributed by atoms with Crippen LogP contribution in [0.25, 0.3) is 0 Å². The van der Waals surface area contributed by atoms with Crippen molar-refractivity contribution in [3.05, 3.63) is 0 Å². The summed E-state index contributed by atoms with van der Waals surface area (Å²) in [5, 5.41) is 11.3. The molecule has 0 aromatic heterocycles. The molecule has 64 valence electrons. The maximum absolute atomic E-state index is 10.6. The van der Waals surface area contributed by atoms with Gasteiger partial charge in [-0.05, 0) is 12.2 Å². The van der Waals surface area contributed by atoms with E-state index in [0.717, 1.165) is 0 Å². The quantitative estimate of drug-likeness (QED) is 0.305. The van der Waals surface area contributed by atoms with Gasteiger partial charge in [0.15, 0.2) is 5.11 Å². The molecular formula is C5H11N3O2S. The number of hydrazine groups is 1. The van der Waals surface area contributed by atoms with Crippen molar-refractivity contribution in [3.63, 3.8) is 0 Å². The first-order valence-corrected chi connectivity index (χ1v) is 3.49. The van der Waals surface area contributed by atoms with Crippen molar-refractivity contribution in [1.29, 1.82) is 0 Å². The maximum Gasteiger partial charge on any atom is 0.240 e. The van der Waals surface area contributed by atoms with E-state index >= 15 is 0 Å². The second kappa shape index (κ2) is 5.87. The number of aliphatic hydroxyl groups excluding tert-OH is 1. The van der Waals surface area contributed by atoms with Crippen LogP contribution in [0, 0.1) is 0 Å². The third kappa shape index (κ3) is 5.56. The summed E-state index contributed by atoms with van der Waals surface area (Å²) in [5.74, 6) is -0.301. The highest BCUT2D eigenvalue weighted by Gasteiger charge is 1.97. The van der Waals surface area contributed by atoms with Gasteiger partial charge >= 0.3 is 0 Å². The van der Waals surface area contributed by atoms with E-state index in [0.29, 0.717) is 5.11 Å². The first kappa shape index (κ1) is 10.1. The third-order valence-electron chi connectivity index (χ3n) is 0.881. The van der Waals surface area contributed by atoms with Gasteiger partial charge in [-0.15, -0.1) is 0 Å². The highest BCUT2D eigenvalue weighted by molar-refractivity contribution is 7.80. The Kier molecular flexibility index (Phi) is 5.40. The van der Waals surface area contributed by atoms with Crippen LogP contribution >= 0.6 is 12.2 Å². The Morgan fingerprint density at radius 2 is 2.18 bits per heavy atom. The first-order valence-electron chi connectivity index (χ1n) is 3.08. The lowest BCUT2D eigenvalue weighted by atomic mass is 10.4. The molecule has 11 heavy (non-hydrogen) atoms. The average Bonchev–Trinajstić information content (AvgIpc) is 2.01. The van der Waals surface area contributed by atoms with Crippen molar-refractivity contribution in [2.45, 2.75) is 6.42 Å². The number of amides is 1. The number of hydrogen-bond acceptors (Lipinski definition) is 3. The van der Waals surface area contributed by atoms with Gasteiger partial charge in [0.2, 0.25) is 5.91 Å². The average molecular weight is 177 g/mol. The number of nitrogens with one attached hydrogen (secondary N) is 3. The minimum absolute atomic E-state index is 0.0688. The predicted molar refractivity (Wildman–Crippen MR) is 44.6 cm³/mol. The Morgan fingerprint density at radius 1 is 1.55 bits per heavy atom. The van der Waals surface area contributed by atoms with Crippen LogP contribution in [0.2, 0.25) is 0 Å². The molecular weight excluding hydrogens is 166 g/mol. The van der Waals surface area contributed by atoms with E-state index < -0.39 is 0 Å². The van der Waals surface area contributed by atoms with Crippen LogP contribution in [0.15, 0.2) is 0 Å². The van der Waals surface area contributed by atoms with E-state index in [2.05, 4.69) is 28.4 Å². The molecule has 0 unspecified atom stereocenters. The Hall–Kier alpha value is -0.880. The van der Waals surface area contributed by atoms with Crippen LogP contribution in [0.5, 0.6) is 0 Å². The summed E-state index contributed by atoms with van der Waals surface area (Å²) >= 11 is 4.66. The summed E-state index contributed by atoms with van der Waals surface area (Å²) in [5.41, 5.74) is 4.71. The molecule has 0 aliphatic rings. The molecule has 0 aromatic rings. The van der Waals surface area contributed by atoms with Crippen molar-refractivity contribution >= 4 is 23.2 Å². The highest BCUT2D eigenvalue weighted by atomic mass is 32.1. The van der Waals surface area contributed by atoms with Gasteiger partial charge in [0.25, 0.3) is 0 Å². The van der Waals surface area contributed by atoms with Gasteiger partial charge in [0.05, 0.1) is 13.0 Å². The van der Waals surface area contributed by atoms with Gasteiger partial charge in [-0.25, -0.2) is 0 Å². The lowest BCUT2D eigenvalue weighted by Crippen LogP contribution is -2.45. The molecule has 0 saturated heterocycles. The van der Waals surface area contributed by atoms with Crippen LogP contribution in [-0.4, -0.2) is 29.8 Å². The van der Waals surface area contributed by atoms with E-state index in [1.807, 2.05) is 0 Å². The lowest BCUT2D eigenvalue weighted by Gasteiger charge is -2.07. The predicted octanol–water partition coefficient (Wildman–Crippen LogP) is -1.51. The van der Waals surface area contributed by atoms with Crippen molar-refractivity contribution in [3.8, 4) is 0 Å². The zero-order valence-electron chi connectivity index (χ0n) is 6.18. The molecule has 0 fully saturated rings. The number of aliphatic hydroxyl groups is 1. The summed E-state index contributed by atoms with van der Waals surface area (Å²) in [6.07, 6.45) is 0.0688. The molecule has 0 aromatic carbocycles. The van der Waals surface area contributed by atoms with Gasteiger partial charge < -0.3 is 10.4 Å². The standard InChI is InChI=1S/C5H11N3O2S/c1-6-5(11)8-7-4(10)2-3-9/h9H,2-3H2,1H3,(H,7,10)(H2,6,8,11). The molecule has 6 heteroatoms. The van der Waals surface area contributed by atoms with E-state index in [4.69, 9.17) is 5.11 Å². The number of carbonyl (C=O) groups excluding carboxylic acids is 1. The molecule has 0 radical (unpaired) electrons.